The molecule has 0 saturated carbocycles. The minimum absolute atomic E-state index is 0.0848. The Balaban J connectivity index is 5.29. The monoisotopic (exact) mass is 1350 g/mol. The first kappa shape index (κ1) is 89.5. The Kier molecular flexibility index (Phi) is 62.8. The Hall–Kier alpha value is -2.46. The molecule has 0 fully saturated rings. The zero-order valence-corrected chi connectivity index (χ0v) is 61.1. The van der Waals surface area contributed by atoms with E-state index in [2.05, 4.69) is 65.8 Å². The van der Waals surface area contributed by atoms with E-state index in [9.17, 15) is 43.2 Å². The van der Waals surface area contributed by atoms with Crippen molar-refractivity contribution in [2.24, 2.45) is 11.8 Å². The van der Waals surface area contributed by atoms with Crippen molar-refractivity contribution >= 4 is 39.5 Å². The molecule has 92 heavy (non-hydrogen) atoms. The highest BCUT2D eigenvalue weighted by Crippen LogP contribution is 2.45. The second kappa shape index (κ2) is 64.5. The number of carbonyl (C=O) groups excluding carboxylic acids is 4. The number of phosphoric ester groups is 2. The van der Waals surface area contributed by atoms with Gasteiger partial charge in [0, 0.05) is 25.7 Å². The maximum Gasteiger partial charge on any atom is 0.472 e. The Morgan fingerprint density at radius 1 is 0.337 bits per heavy atom. The van der Waals surface area contributed by atoms with Gasteiger partial charge < -0.3 is 33.8 Å². The van der Waals surface area contributed by atoms with Crippen molar-refractivity contribution in [3.63, 3.8) is 0 Å². The third kappa shape index (κ3) is 66.2. The molecule has 0 aromatic heterocycles. The standard InChI is InChI=1S/C73H138O17P2/c1-7-9-11-13-15-17-19-20-21-22-25-33-39-45-51-57-72(77)89-69(62-84-71(76)56-50-44-38-32-26-23-24-29-35-41-47-53-65(3)4)64-88-92(81,82)86-60-67(74)59-85-91(79,80)87-63-68(61-83-70(75)55-49-43-37-31-18-16-14-12-10-8-2)90-73(78)58-52-46-40-34-28-27-30-36-42-48-54-66(5)6/h17,19-21,65-69,74H,7-16,18,22-64H2,1-6H3,(H,79,80)(H,81,82)/b19-17-,21-20-/t67-,68+,69+/m0/s1. The van der Waals surface area contributed by atoms with Crippen molar-refractivity contribution in [3.8, 4) is 0 Å². The summed E-state index contributed by atoms with van der Waals surface area (Å²) in [7, 11) is -9.92. The van der Waals surface area contributed by atoms with Gasteiger partial charge in [0.15, 0.2) is 12.2 Å². The van der Waals surface area contributed by atoms with Crippen LogP contribution in [0.15, 0.2) is 24.3 Å². The lowest BCUT2D eigenvalue weighted by molar-refractivity contribution is -0.161. The van der Waals surface area contributed by atoms with Gasteiger partial charge in [0.2, 0.25) is 0 Å². The molecule has 2 unspecified atom stereocenters. The number of esters is 4. The minimum atomic E-state index is -4.96. The predicted molar refractivity (Wildman–Crippen MR) is 372 cm³/mol. The molecule has 0 aromatic rings. The molecule has 0 spiro atoms. The van der Waals surface area contributed by atoms with Crippen LogP contribution in [0.1, 0.15) is 350 Å². The summed E-state index contributed by atoms with van der Waals surface area (Å²) in [4.78, 5) is 72.6. The van der Waals surface area contributed by atoms with Gasteiger partial charge in [-0.2, -0.15) is 0 Å². The van der Waals surface area contributed by atoms with Crippen molar-refractivity contribution in [3.05, 3.63) is 24.3 Å². The first-order valence-electron chi connectivity index (χ1n) is 37.3. The minimum Gasteiger partial charge on any atom is -0.462 e. The lowest BCUT2D eigenvalue weighted by Crippen LogP contribution is -2.30. The molecule has 0 bridgehead atoms. The van der Waals surface area contributed by atoms with E-state index >= 15 is 0 Å². The van der Waals surface area contributed by atoms with E-state index in [0.29, 0.717) is 25.7 Å². The van der Waals surface area contributed by atoms with E-state index in [-0.39, 0.29) is 25.7 Å². The summed E-state index contributed by atoms with van der Waals surface area (Å²) in [6, 6.07) is 0. The second-order valence-corrected chi connectivity index (χ2v) is 29.5. The third-order valence-electron chi connectivity index (χ3n) is 16.3. The number of aliphatic hydroxyl groups is 1. The number of hydrogen-bond donors (Lipinski definition) is 3. The number of hydrogen-bond acceptors (Lipinski definition) is 15. The highest BCUT2D eigenvalue weighted by molar-refractivity contribution is 7.47. The zero-order chi connectivity index (χ0) is 67.9. The summed E-state index contributed by atoms with van der Waals surface area (Å²) in [5.74, 6) is -0.631. The SMILES string of the molecule is CCCCCC/C=C\C=C/CCCCCCCC(=O)O[C@H](COC(=O)CCCCCCCCCCCCCC(C)C)COP(=O)(O)OC[C@@H](O)COP(=O)(O)OC[C@@H](COC(=O)CCCCCCCCCCCC)OC(=O)CCCCCCCCCCCCC(C)C. The average Bonchev–Trinajstić information content (AvgIpc) is 3.37. The maximum atomic E-state index is 13.0. The van der Waals surface area contributed by atoms with Crippen LogP contribution in [0.4, 0.5) is 0 Å². The van der Waals surface area contributed by atoms with Crippen LogP contribution in [-0.2, 0) is 65.4 Å². The summed E-state index contributed by atoms with van der Waals surface area (Å²) < 4.78 is 68.3. The van der Waals surface area contributed by atoms with Crippen LogP contribution in [0.25, 0.3) is 0 Å². The first-order valence-corrected chi connectivity index (χ1v) is 40.3. The Bertz CT molecular complexity index is 1880. The van der Waals surface area contributed by atoms with Gasteiger partial charge in [0.25, 0.3) is 0 Å². The summed E-state index contributed by atoms with van der Waals surface area (Å²) in [6.45, 7) is 9.49. The Morgan fingerprint density at radius 3 is 0.891 bits per heavy atom. The molecule has 0 radical (unpaired) electrons. The van der Waals surface area contributed by atoms with Crippen molar-refractivity contribution in [1.29, 1.82) is 0 Å². The highest BCUT2D eigenvalue weighted by Gasteiger charge is 2.30. The quantitative estimate of drug-likeness (QED) is 0.0169. The number of unbranched alkanes of at least 4 members (excludes halogenated alkanes) is 37. The van der Waals surface area contributed by atoms with Crippen molar-refractivity contribution in [2.45, 2.75) is 368 Å². The molecule has 3 N–H and O–H groups in total. The van der Waals surface area contributed by atoms with Crippen LogP contribution in [0.5, 0.6) is 0 Å². The van der Waals surface area contributed by atoms with Crippen LogP contribution < -0.4 is 0 Å². The fourth-order valence-electron chi connectivity index (χ4n) is 10.6. The first-order chi connectivity index (χ1) is 44.4. The maximum absolute atomic E-state index is 13.0. The molecule has 0 heterocycles. The van der Waals surface area contributed by atoms with Crippen LogP contribution in [-0.4, -0.2) is 96.7 Å². The van der Waals surface area contributed by atoms with E-state index in [1.807, 2.05) is 0 Å². The summed E-state index contributed by atoms with van der Waals surface area (Å²) >= 11 is 0. The third-order valence-corrected chi connectivity index (χ3v) is 18.2. The average molecular weight is 1350 g/mol. The number of carbonyl (C=O) groups is 4. The van der Waals surface area contributed by atoms with E-state index in [1.165, 1.54) is 154 Å². The Labute approximate surface area is 561 Å². The molecule has 0 saturated heterocycles. The molecule has 0 rings (SSSR count). The van der Waals surface area contributed by atoms with Gasteiger partial charge >= 0.3 is 39.5 Å². The van der Waals surface area contributed by atoms with E-state index in [1.54, 1.807) is 0 Å². The largest absolute Gasteiger partial charge is 0.472 e. The molecule has 0 aliphatic heterocycles. The number of aliphatic hydroxyl groups excluding tert-OH is 1. The summed E-state index contributed by atoms with van der Waals surface area (Å²) in [5.41, 5.74) is 0. The van der Waals surface area contributed by atoms with Crippen molar-refractivity contribution < 1.29 is 80.2 Å². The molecule has 542 valence electrons. The van der Waals surface area contributed by atoms with Gasteiger partial charge in [-0.1, -0.05) is 297 Å². The lowest BCUT2D eigenvalue weighted by Gasteiger charge is -2.21. The molecule has 17 nitrogen and oxygen atoms in total. The molecular formula is C73H138O17P2. The number of allylic oxidation sites excluding steroid dienone is 4. The van der Waals surface area contributed by atoms with Crippen LogP contribution in [0.3, 0.4) is 0 Å². The van der Waals surface area contributed by atoms with E-state index < -0.39 is 97.5 Å². The Morgan fingerprint density at radius 2 is 0.587 bits per heavy atom. The van der Waals surface area contributed by atoms with Gasteiger partial charge in [-0.25, -0.2) is 9.13 Å². The molecule has 0 aromatic carbocycles. The molecule has 0 aliphatic carbocycles. The normalized spacial score (nSPS) is 14.2. The van der Waals surface area contributed by atoms with Gasteiger partial charge in [0.1, 0.15) is 19.3 Å². The molecule has 0 amide bonds. The number of phosphoric acid groups is 2. The number of rotatable bonds is 70. The van der Waals surface area contributed by atoms with Gasteiger partial charge in [-0.3, -0.25) is 37.3 Å². The molecule has 0 aliphatic rings. The van der Waals surface area contributed by atoms with Crippen molar-refractivity contribution in [1.82, 2.24) is 0 Å². The highest BCUT2D eigenvalue weighted by atomic mass is 31.2. The van der Waals surface area contributed by atoms with Crippen LogP contribution in [0, 0.1) is 11.8 Å². The van der Waals surface area contributed by atoms with Crippen molar-refractivity contribution in [2.75, 3.05) is 39.6 Å². The fourth-order valence-corrected chi connectivity index (χ4v) is 12.2. The van der Waals surface area contributed by atoms with Gasteiger partial charge in [-0.15, -0.1) is 0 Å². The fraction of sp³-hybridized carbons (Fsp3) is 0.890. The summed E-state index contributed by atoms with van der Waals surface area (Å²) in [5, 5.41) is 10.6. The van der Waals surface area contributed by atoms with Gasteiger partial charge in [0.05, 0.1) is 26.4 Å². The van der Waals surface area contributed by atoms with Crippen LogP contribution in [0.2, 0.25) is 0 Å². The van der Waals surface area contributed by atoms with E-state index in [4.69, 9.17) is 37.0 Å². The predicted octanol–water partition coefficient (Wildman–Crippen LogP) is 20.7. The second-order valence-electron chi connectivity index (χ2n) is 26.6. The van der Waals surface area contributed by atoms with Crippen LogP contribution >= 0.6 is 15.6 Å². The summed E-state index contributed by atoms with van der Waals surface area (Å²) in [6.07, 6.45) is 53.4. The van der Waals surface area contributed by atoms with Gasteiger partial charge in [-0.05, 0) is 63.2 Å². The topological polar surface area (TPSA) is 237 Å². The number of ether oxygens (including phenoxy) is 4. The van der Waals surface area contributed by atoms with E-state index in [0.717, 1.165) is 115 Å². The molecule has 5 atom stereocenters. The molecular weight excluding hydrogens is 1210 g/mol. The smallest absolute Gasteiger partial charge is 0.462 e. The zero-order valence-electron chi connectivity index (χ0n) is 59.3. The molecule has 19 heteroatoms. The lowest BCUT2D eigenvalue weighted by atomic mass is 10.0.